The Hall–Kier alpha value is -2.79. The number of allylic oxidation sites excluding steroid dienone is 3. The Morgan fingerprint density at radius 2 is 2.00 bits per heavy atom. The predicted molar refractivity (Wildman–Crippen MR) is 216 cm³/mol. The molecule has 54 heavy (non-hydrogen) atoms. The molecule has 6 aliphatic rings. The van der Waals surface area contributed by atoms with Gasteiger partial charge in [-0.2, -0.15) is 0 Å². The molecule has 1 aromatic carbocycles. The number of nitrogens with zero attached hydrogens (tertiary/aromatic N) is 1. The fraction of sp³-hybridized carbons (Fsp3) is 0.667. The molecule has 1 aromatic rings. The Balaban J connectivity index is 0.999. The second-order valence-electron chi connectivity index (χ2n) is 16.9. The maximum atomic E-state index is 11.4. The standard InChI is InChI=1S/C45H67N3O6/c1-3-4-5-9-31(18-21-46)10-6-7-12-42-34(28-49)24-36(54-42)15-13-32-14-16-40(51)43(22-32)53-29-41(52)39-25-37-38(27-47-26-30(2)50)45-19-8-11-35(45)23-33(17-20-45)44(37)48-39/h14,16-17,20,22,24-25,30-31,33,35,38,41-42,47,49-50,52,54H,3-13,15,18-19,21,23,26-29,46H2,1-2H3/p+1. The number of rotatable bonds is 23. The maximum absolute atomic E-state index is 11.4. The number of nitrogens with two attached hydrogens (primary N) is 1. The maximum Gasteiger partial charge on any atom is 0.208 e. The zero-order chi connectivity index (χ0) is 38.1. The molecule has 0 radical (unpaired) electrons. The molecule has 2 saturated carbocycles. The Morgan fingerprint density at radius 1 is 1.17 bits per heavy atom. The zero-order valence-electron chi connectivity index (χ0n) is 32.9. The minimum Gasteiger partial charge on any atom is -0.504 e. The SMILES string of the molecule is CCCCCC(CCN)CCCCC1[OH+][C-](CCc2ccc(O)c(OCC(O)C3=C[C+]4C(=N3)C3C=CC5(CCCC5C3)C4CNCC(C)O)c2)C=C1CO. The second kappa shape index (κ2) is 19.4. The Labute approximate surface area is 324 Å². The summed E-state index contributed by atoms with van der Waals surface area (Å²) >= 11 is 0. The number of nitrogens with one attached hydrogen (secondary N) is 1. The number of phenols is 1. The molecule has 2 aliphatic heterocycles. The molecule has 2 fully saturated rings. The molecular weight excluding hydrogens is 679 g/mol. The summed E-state index contributed by atoms with van der Waals surface area (Å²) in [4.78, 5) is 5.04. The molecule has 8 unspecified atom stereocenters. The fourth-order valence-corrected chi connectivity index (χ4v) is 10.0. The monoisotopic (exact) mass is 747 g/mol. The molecule has 4 aliphatic carbocycles. The van der Waals surface area contributed by atoms with Crippen molar-refractivity contribution in [3.63, 3.8) is 0 Å². The van der Waals surface area contributed by atoms with Gasteiger partial charge in [-0.25, -0.2) is 0 Å². The number of hydrogen-bond donors (Lipinski definition) is 6. The van der Waals surface area contributed by atoms with E-state index in [2.05, 4.69) is 36.5 Å². The van der Waals surface area contributed by atoms with Crippen LogP contribution in [0.3, 0.4) is 0 Å². The summed E-state index contributed by atoms with van der Waals surface area (Å²) in [6.07, 6.45) is 25.6. The number of aryl methyl sites for hydroxylation is 1. The number of aliphatic hydroxyl groups excluding tert-OH is 3. The van der Waals surface area contributed by atoms with E-state index < -0.39 is 12.2 Å². The first-order chi connectivity index (χ1) is 26.2. The minimum absolute atomic E-state index is 0.0190. The molecule has 8 atom stereocenters. The summed E-state index contributed by atoms with van der Waals surface area (Å²) in [6.45, 7) is 6.15. The normalized spacial score (nSPS) is 27.3. The highest BCUT2D eigenvalue weighted by atomic mass is 16.5. The highest BCUT2D eigenvalue weighted by molar-refractivity contribution is 6.06. The lowest BCUT2D eigenvalue weighted by atomic mass is 9.63. The van der Waals surface area contributed by atoms with Crippen molar-refractivity contribution >= 4 is 5.71 Å². The molecule has 0 aromatic heterocycles. The predicted octanol–water partition coefficient (Wildman–Crippen LogP) is 6.41. The molecule has 8 N–H and O–H groups in total. The second-order valence-corrected chi connectivity index (χ2v) is 16.9. The first kappa shape index (κ1) is 40.9. The van der Waals surface area contributed by atoms with Crippen LogP contribution in [0, 0.1) is 41.1 Å². The van der Waals surface area contributed by atoms with Gasteiger partial charge in [0.25, 0.3) is 0 Å². The molecule has 2 heterocycles. The number of aliphatic hydroxyl groups is 5. The van der Waals surface area contributed by atoms with E-state index in [1.165, 1.54) is 57.3 Å². The van der Waals surface area contributed by atoms with E-state index in [0.29, 0.717) is 23.9 Å². The van der Waals surface area contributed by atoms with Gasteiger partial charge in [-0.3, -0.25) is 0 Å². The number of ether oxygens (including phenoxy) is 2. The highest BCUT2D eigenvalue weighted by Gasteiger charge is 2.60. The van der Waals surface area contributed by atoms with Gasteiger partial charge in [0, 0.05) is 37.5 Å². The molecule has 298 valence electrons. The van der Waals surface area contributed by atoms with Gasteiger partial charge < -0.3 is 41.0 Å². The van der Waals surface area contributed by atoms with Crippen LogP contribution < -0.4 is 15.8 Å². The third kappa shape index (κ3) is 9.77. The summed E-state index contributed by atoms with van der Waals surface area (Å²) in [5.74, 6) is 3.44. The van der Waals surface area contributed by atoms with Crippen molar-refractivity contribution in [2.45, 2.75) is 128 Å². The highest BCUT2D eigenvalue weighted by Crippen LogP contribution is 2.61. The summed E-state index contributed by atoms with van der Waals surface area (Å²) in [6, 6.07) is 5.41. The Bertz CT molecular complexity index is 1490. The van der Waals surface area contributed by atoms with Gasteiger partial charge in [-0.1, -0.05) is 70.1 Å². The van der Waals surface area contributed by atoms with Crippen LogP contribution in [0.25, 0.3) is 0 Å². The number of aromatic hydroxyl groups is 1. The van der Waals surface area contributed by atoms with Gasteiger partial charge in [0.2, 0.25) is 5.70 Å². The lowest BCUT2D eigenvalue weighted by Gasteiger charge is -2.39. The van der Waals surface area contributed by atoms with Gasteiger partial charge in [-0.15, -0.1) is 16.6 Å². The van der Waals surface area contributed by atoms with Crippen molar-refractivity contribution in [3.8, 4) is 11.5 Å². The van der Waals surface area contributed by atoms with Crippen molar-refractivity contribution in [2.75, 3.05) is 32.8 Å². The summed E-state index contributed by atoms with van der Waals surface area (Å²) < 4.78 is 11.1. The van der Waals surface area contributed by atoms with Crippen LogP contribution >= 0.6 is 0 Å². The van der Waals surface area contributed by atoms with E-state index in [-0.39, 0.29) is 42.3 Å². The third-order valence-corrected chi connectivity index (χ3v) is 13.0. The topological polar surface area (TPSA) is 153 Å². The lowest BCUT2D eigenvalue weighted by molar-refractivity contribution is -0.0553. The van der Waals surface area contributed by atoms with Gasteiger partial charge in [0.15, 0.2) is 23.3 Å². The van der Waals surface area contributed by atoms with E-state index in [1.54, 1.807) is 6.07 Å². The molecule has 9 nitrogen and oxygen atoms in total. The first-order valence-electron chi connectivity index (χ1n) is 21.2. The minimum atomic E-state index is -0.940. The molecular formula is C45H68N3O6+. The van der Waals surface area contributed by atoms with Crippen LogP contribution in [0.1, 0.15) is 109 Å². The van der Waals surface area contributed by atoms with Gasteiger partial charge >= 0.3 is 0 Å². The van der Waals surface area contributed by atoms with Gasteiger partial charge in [-0.05, 0) is 87.9 Å². The van der Waals surface area contributed by atoms with Crippen molar-refractivity contribution in [3.05, 3.63) is 71.4 Å². The molecule has 1 spiro atoms. The first-order valence-corrected chi connectivity index (χ1v) is 21.2. The van der Waals surface area contributed by atoms with E-state index in [4.69, 9.17) is 20.2 Å². The van der Waals surface area contributed by atoms with Gasteiger partial charge in [0.1, 0.15) is 24.7 Å². The number of benzene rings is 1. The smallest absolute Gasteiger partial charge is 0.208 e. The number of aliphatic imine (C=N–C) groups is 1. The summed E-state index contributed by atoms with van der Waals surface area (Å²) in [5.41, 5.74) is 9.69. The average Bonchev–Trinajstić information content (AvgIpc) is 3.88. The van der Waals surface area contributed by atoms with Crippen LogP contribution in [0.5, 0.6) is 11.5 Å². The van der Waals surface area contributed by atoms with E-state index in [9.17, 15) is 20.4 Å². The Morgan fingerprint density at radius 3 is 2.78 bits per heavy atom. The van der Waals surface area contributed by atoms with Crippen molar-refractivity contribution in [2.24, 2.45) is 39.8 Å². The number of hydrogen-bond acceptors (Lipinski definition) is 8. The number of unbranched alkanes of at least 4 members (excludes halogenated alkanes) is 3. The lowest BCUT2D eigenvalue weighted by Crippen LogP contribution is -2.42. The molecule has 0 saturated heterocycles. The van der Waals surface area contributed by atoms with E-state index in [0.717, 1.165) is 86.9 Å². The summed E-state index contributed by atoms with van der Waals surface area (Å²) in [7, 11) is 0. The van der Waals surface area contributed by atoms with Crippen molar-refractivity contribution in [1.82, 2.24) is 5.32 Å². The molecule has 9 heteroatoms. The molecule has 7 rings (SSSR count). The van der Waals surface area contributed by atoms with E-state index >= 15 is 0 Å². The van der Waals surface area contributed by atoms with Crippen molar-refractivity contribution < 1.29 is 29.9 Å². The van der Waals surface area contributed by atoms with Crippen LogP contribution in [0.2, 0.25) is 0 Å². The van der Waals surface area contributed by atoms with Crippen molar-refractivity contribution in [1.29, 1.82) is 0 Å². The van der Waals surface area contributed by atoms with Crippen LogP contribution in [0.4, 0.5) is 0 Å². The largest absolute Gasteiger partial charge is 0.504 e. The van der Waals surface area contributed by atoms with Gasteiger partial charge in [0.05, 0.1) is 18.1 Å². The van der Waals surface area contributed by atoms with Crippen LogP contribution in [-0.2, 0) is 6.42 Å². The number of phenolic OH excluding ortho intramolecular Hbond substituents is 1. The van der Waals surface area contributed by atoms with E-state index in [1.807, 2.05) is 19.1 Å². The zero-order valence-corrected chi connectivity index (χ0v) is 32.9. The van der Waals surface area contributed by atoms with Crippen LogP contribution in [-0.4, -0.2) is 82.0 Å². The third-order valence-electron chi connectivity index (χ3n) is 13.0. The fourth-order valence-electron chi connectivity index (χ4n) is 10.0. The molecule has 0 amide bonds. The van der Waals surface area contributed by atoms with Crippen LogP contribution in [0.15, 0.2) is 58.8 Å². The molecule has 2 bridgehead atoms. The Kier molecular flexibility index (Phi) is 14.7. The quantitative estimate of drug-likeness (QED) is 0.0328. The average molecular weight is 747 g/mol. The summed E-state index contributed by atoms with van der Waals surface area (Å²) in [5, 5.41) is 45.6.